The summed E-state index contributed by atoms with van der Waals surface area (Å²) in [6.45, 7) is 0. The summed E-state index contributed by atoms with van der Waals surface area (Å²) < 4.78 is 6.57. The van der Waals surface area contributed by atoms with Crippen molar-refractivity contribution in [2.75, 3.05) is 0 Å². The molecule has 0 unspecified atom stereocenters. The summed E-state index contributed by atoms with van der Waals surface area (Å²) >= 11 is 0. The molecule has 47 heavy (non-hydrogen) atoms. The molecular formula is C42H26N4O. The number of pyridine rings is 3. The number of nitrogens with zero attached hydrogens (tertiary/aromatic N) is 4. The van der Waals surface area contributed by atoms with Crippen molar-refractivity contribution in [3.63, 3.8) is 0 Å². The van der Waals surface area contributed by atoms with Crippen LogP contribution in [0.3, 0.4) is 0 Å². The Balaban J connectivity index is 1.16. The van der Waals surface area contributed by atoms with Crippen molar-refractivity contribution >= 4 is 32.8 Å². The third kappa shape index (κ3) is 4.82. The molecule has 5 heteroatoms. The first kappa shape index (κ1) is 26.9. The Kier molecular flexibility index (Phi) is 6.39. The van der Waals surface area contributed by atoms with Gasteiger partial charge < -0.3 is 4.42 Å². The van der Waals surface area contributed by atoms with Crippen LogP contribution in [-0.4, -0.2) is 19.9 Å². The third-order valence-corrected chi connectivity index (χ3v) is 8.77. The third-order valence-electron chi connectivity index (χ3n) is 8.77. The molecule has 9 aromatic rings. The highest BCUT2D eigenvalue weighted by atomic mass is 16.3. The van der Waals surface area contributed by atoms with E-state index in [1.54, 1.807) is 6.20 Å². The molecule has 220 valence electrons. The van der Waals surface area contributed by atoms with E-state index in [0.717, 1.165) is 82.8 Å². The molecule has 0 aliphatic rings. The molecule has 0 saturated carbocycles. The molecule has 0 saturated heterocycles. The van der Waals surface area contributed by atoms with Crippen molar-refractivity contribution in [1.29, 1.82) is 0 Å². The van der Waals surface area contributed by atoms with Crippen molar-refractivity contribution in [1.82, 2.24) is 19.9 Å². The Bertz CT molecular complexity index is 2540. The Morgan fingerprint density at radius 3 is 2.02 bits per heavy atom. The number of hydrogen-bond donors (Lipinski definition) is 0. The monoisotopic (exact) mass is 602 g/mol. The molecule has 0 spiro atoms. The number of aromatic nitrogens is 4. The maximum Gasteiger partial charge on any atom is 0.227 e. The lowest BCUT2D eigenvalue weighted by Gasteiger charge is -2.11. The second-order valence-electron chi connectivity index (χ2n) is 11.6. The van der Waals surface area contributed by atoms with Gasteiger partial charge in [0.05, 0.1) is 5.52 Å². The van der Waals surface area contributed by atoms with Gasteiger partial charge in [0.25, 0.3) is 0 Å². The average molecular weight is 603 g/mol. The summed E-state index contributed by atoms with van der Waals surface area (Å²) in [6, 6.07) is 44.0. The molecule has 0 radical (unpaired) electrons. The van der Waals surface area contributed by atoms with Gasteiger partial charge in [0.15, 0.2) is 5.58 Å². The summed E-state index contributed by atoms with van der Waals surface area (Å²) in [4.78, 5) is 18.3. The molecule has 4 heterocycles. The van der Waals surface area contributed by atoms with Crippen molar-refractivity contribution in [3.05, 3.63) is 158 Å². The lowest BCUT2D eigenvalue weighted by atomic mass is 9.93. The van der Waals surface area contributed by atoms with E-state index in [2.05, 4.69) is 124 Å². The Hall–Kier alpha value is -6.46. The zero-order valence-corrected chi connectivity index (χ0v) is 25.2. The van der Waals surface area contributed by atoms with Crippen molar-refractivity contribution in [3.8, 4) is 56.0 Å². The van der Waals surface area contributed by atoms with Crippen LogP contribution in [0.15, 0.2) is 163 Å². The first-order valence-electron chi connectivity index (χ1n) is 15.5. The first-order valence-corrected chi connectivity index (χ1v) is 15.5. The summed E-state index contributed by atoms with van der Waals surface area (Å²) in [7, 11) is 0. The minimum atomic E-state index is 0.581. The summed E-state index contributed by atoms with van der Waals surface area (Å²) in [6.07, 6.45) is 9.28. The molecule has 5 aromatic carbocycles. The number of benzene rings is 5. The summed E-state index contributed by atoms with van der Waals surface area (Å²) in [5, 5.41) is 3.29. The molecule has 0 N–H and O–H groups in total. The van der Waals surface area contributed by atoms with Gasteiger partial charge in [-0.25, -0.2) is 4.98 Å². The molecule has 0 aliphatic heterocycles. The molecule has 0 amide bonds. The fourth-order valence-corrected chi connectivity index (χ4v) is 6.41. The van der Waals surface area contributed by atoms with E-state index >= 15 is 0 Å². The van der Waals surface area contributed by atoms with E-state index in [1.807, 2.05) is 43.0 Å². The highest BCUT2D eigenvalue weighted by Gasteiger charge is 2.18. The quantitative estimate of drug-likeness (QED) is 0.196. The van der Waals surface area contributed by atoms with E-state index in [1.165, 1.54) is 0 Å². The molecule has 0 atom stereocenters. The van der Waals surface area contributed by atoms with Gasteiger partial charge in [0.2, 0.25) is 5.89 Å². The van der Waals surface area contributed by atoms with E-state index in [9.17, 15) is 0 Å². The highest BCUT2D eigenvalue weighted by molar-refractivity contribution is 6.06. The zero-order chi connectivity index (χ0) is 31.2. The standard InChI is InChI=1S/C42H26N4O/c1-2-9-39-37(7-1)36(19-22-45-39)38-23-33(34-8-3-5-32-26-44-21-18-35(32)34)24-40-41(38)46-42(47-40)30-16-14-28(15-17-30)27-10-12-29(13-11-27)31-6-4-20-43-25-31/h1-26H. The second kappa shape index (κ2) is 11.2. The van der Waals surface area contributed by atoms with Gasteiger partial charge in [-0.15, -0.1) is 0 Å². The minimum Gasteiger partial charge on any atom is -0.436 e. The average Bonchev–Trinajstić information content (AvgIpc) is 3.59. The van der Waals surface area contributed by atoms with Gasteiger partial charge in [-0.2, -0.15) is 0 Å². The molecule has 5 nitrogen and oxygen atoms in total. The Labute approximate surface area is 270 Å². The highest BCUT2D eigenvalue weighted by Crippen LogP contribution is 2.40. The van der Waals surface area contributed by atoms with Crippen LogP contribution < -0.4 is 0 Å². The van der Waals surface area contributed by atoms with Gasteiger partial charge >= 0.3 is 0 Å². The van der Waals surface area contributed by atoms with Crippen molar-refractivity contribution in [2.45, 2.75) is 0 Å². The molecule has 0 bridgehead atoms. The Morgan fingerprint density at radius 1 is 0.447 bits per heavy atom. The second-order valence-corrected chi connectivity index (χ2v) is 11.6. The minimum absolute atomic E-state index is 0.581. The van der Waals surface area contributed by atoms with E-state index in [-0.39, 0.29) is 0 Å². The van der Waals surface area contributed by atoms with E-state index in [4.69, 9.17) is 9.40 Å². The van der Waals surface area contributed by atoms with Crippen LogP contribution in [0.2, 0.25) is 0 Å². The molecule has 0 aliphatic carbocycles. The van der Waals surface area contributed by atoms with Crippen molar-refractivity contribution in [2.24, 2.45) is 0 Å². The van der Waals surface area contributed by atoms with E-state index < -0.39 is 0 Å². The lowest BCUT2D eigenvalue weighted by molar-refractivity contribution is 0.620. The number of hydrogen-bond acceptors (Lipinski definition) is 5. The summed E-state index contributed by atoms with van der Waals surface area (Å²) in [5.74, 6) is 0.581. The maximum absolute atomic E-state index is 6.57. The topological polar surface area (TPSA) is 64.7 Å². The Morgan fingerprint density at radius 2 is 1.21 bits per heavy atom. The van der Waals surface area contributed by atoms with Gasteiger partial charge in [-0.05, 0) is 92.9 Å². The molecule has 4 aromatic heterocycles. The van der Waals surface area contributed by atoms with Crippen LogP contribution in [0.4, 0.5) is 0 Å². The number of rotatable bonds is 5. The molecular weight excluding hydrogens is 576 g/mol. The van der Waals surface area contributed by atoms with Crippen molar-refractivity contribution < 1.29 is 4.42 Å². The van der Waals surface area contributed by atoms with Gasteiger partial charge in [0.1, 0.15) is 5.52 Å². The zero-order valence-electron chi connectivity index (χ0n) is 25.2. The van der Waals surface area contributed by atoms with Crippen LogP contribution in [0, 0.1) is 0 Å². The normalized spacial score (nSPS) is 11.4. The molecule has 9 rings (SSSR count). The van der Waals surface area contributed by atoms with Crippen LogP contribution in [-0.2, 0) is 0 Å². The van der Waals surface area contributed by atoms with Crippen LogP contribution in [0.5, 0.6) is 0 Å². The van der Waals surface area contributed by atoms with Gasteiger partial charge in [-0.3, -0.25) is 15.0 Å². The fourth-order valence-electron chi connectivity index (χ4n) is 6.41. The SMILES string of the molecule is c1cncc(-c2ccc(-c3ccc(-c4nc5c(-c6ccnc7ccccc67)cc(-c6cccc7cnccc67)cc5o4)cc3)cc2)c1. The number of para-hydroxylation sites is 1. The maximum atomic E-state index is 6.57. The molecule has 0 fully saturated rings. The van der Waals surface area contributed by atoms with Crippen LogP contribution in [0.1, 0.15) is 0 Å². The van der Waals surface area contributed by atoms with Gasteiger partial charge in [-0.1, -0.05) is 78.9 Å². The van der Waals surface area contributed by atoms with Crippen LogP contribution in [0.25, 0.3) is 88.7 Å². The first-order chi connectivity index (χ1) is 23.3. The predicted octanol–water partition coefficient (Wildman–Crippen LogP) is 10.7. The smallest absolute Gasteiger partial charge is 0.227 e. The lowest BCUT2D eigenvalue weighted by Crippen LogP contribution is -1.89. The largest absolute Gasteiger partial charge is 0.436 e. The summed E-state index contributed by atoms with van der Waals surface area (Å²) in [5.41, 5.74) is 12.1. The number of oxazole rings is 1. The fraction of sp³-hybridized carbons (Fsp3) is 0. The van der Waals surface area contributed by atoms with E-state index in [0.29, 0.717) is 5.89 Å². The number of fused-ring (bicyclic) bond motifs is 3. The van der Waals surface area contributed by atoms with Crippen LogP contribution >= 0.6 is 0 Å². The predicted molar refractivity (Wildman–Crippen MR) is 190 cm³/mol. The van der Waals surface area contributed by atoms with Gasteiger partial charge in [0, 0.05) is 52.9 Å².